The zero-order chi connectivity index (χ0) is 10.7. The number of carbonyl (C=O) groups excluding carboxylic acids is 2. The van der Waals surface area contributed by atoms with E-state index in [1.54, 1.807) is 0 Å². The monoisotopic (exact) mass is 200 g/mol. The summed E-state index contributed by atoms with van der Waals surface area (Å²) in [4.78, 5) is 26.1. The van der Waals surface area contributed by atoms with Crippen molar-refractivity contribution in [3.63, 3.8) is 0 Å². The van der Waals surface area contributed by atoms with Crippen LogP contribution in [0.4, 0.5) is 0 Å². The fourth-order valence-corrected chi connectivity index (χ4v) is 1.45. The van der Waals surface area contributed by atoms with E-state index in [0.717, 1.165) is 6.54 Å². The molecule has 0 aliphatic carbocycles. The highest BCUT2D eigenvalue weighted by Gasteiger charge is 2.28. The van der Waals surface area contributed by atoms with Gasteiger partial charge in [-0.05, 0) is 14.0 Å². The first kappa shape index (κ1) is 11.0. The van der Waals surface area contributed by atoms with Crippen molar-refractivity contribution in [3.8, 4) is 0 Å². The van der Waals surface area contributed by atoms with E-state index in [1.807, 2.05) is 14.0 Å². The van der Waals surface area contributed by atoms with Gasteiger partial charge in [0.25, 0.3) is 0 Å². The van der Waals surface area contributed by atoms with Crippen LogP contribution in [0.5, 0.6) is 0 Å². The Bertz CT molecular complexity index is 242. The molecule has 5 heteroatoms. The largest absolute Gasteiger partial charge is 0.462 e. The molecule has 1 heterocycles. The number of amides is 1. The molecule has 80 valence electrons. The lowest BCUT2D eigenvalue weighted by molar-refractivity contribution is -0.159. The van der Waals surface area contributed by atoms with Crippen LogP contribution < -0.4 is 0 Å². The van der Waals surface area contributed by atoms with E-state index in [0.29, 0.717) is 13.1 Å². The number of likely N-dealkylation sites (N-methyl/N-ethyl adjacent to an activating group) is 1. The van der Waals surface area contributed by atoms with Gasteiger partial charge < -0.3 is 14.5 Å². The molecular weight excluding hydrogens is 184 g/mol. The van der Waals surface area contributed by atoms with Gasteiger partial charge in [0, 0.05) is 25.7 Å². The van der Waals surface area contributed by atoms with Gasteiger partial charge in [0.05, 0.1) is 7.11 Å². The molecule has 0 N–H and O–H groups in total. The maximum absolute atomic E-state index is 11.4. The van der Waals surface area contributed by atoms with Crippen LogP contribution >= 0.6 is 0 Å². The van der Waals surface area contributed by atoms with Crippen LogP contribution in [0.15, 0.2) is 0 Å². The Hall–Kier alpha value is -1.10. The molecule has 1 atom stereocenters. The molecule has 1 saturated heterocycles. The summed E-state index contributed by atoms with van der Waals surface area (Å²) in [6.07, 6.45) is 0. The molecule has 1 rings (SSSR count). The minimum Gasteiger partial charge on any atom is -0.462 e. The summed E-state index contributed by atoms with van der Waals surface area (Å²) in [6.45, 7) is 4.00. The van der Waals surface area contributed by atoms with Crippen molar-refractivity contribution >= 4 is 11.9 Å². The number of piperazine rings is 1. The summed E-state index contributed by atoms with van der Waals surface area (Å²) in [5.41, 5.74) is 0. The molecule has 0 radical (unpaired) electrons. The number of methoxy groups -OCH3 is 1. The highest BCUT2D eigenvalue weighted by molar-refractivity contribution is 6.32. The third kappa shape index (κ3) is 2.23. The molecule has 1 aliphatic rings. The highest BCUT2D eigenvalue weighted by atomic mass is 16.5. The molecule has 0 bridgehead atoms. The zero-order valence-electron chi connectivity index (χ0n) is 8.82. The molecule has 1 fully saturated rings. The molecule has 14 heavy (non-hydrogen) atoms. The lowest BCUT2D eigenvalue weighted by atomic mass is 10.2. The zero-order valence-corrected chi connectivity index (χ0v) is 8.82. The molecule has 5 nitrogen and oxygen atoms in total. The van der Waals surface area contributed by atoms with Gasteiger partial charge in [-0.15, -0.1) is 0 Å². The van der Waals surface area contributed by atoms with Crippen LogP contribution in [-0.2, 0) is 14.3 Å². The average molecular weight is 200 g/mol. The van der Waals surface area contributed by atoms with Crippen molar-refractivity contribution in [1.29, 1.82) is 0 Å². The van der Waals surface area contributed by atoms with E-state index < -0.39 is 11.9 Å². The Labute approximate surface area is 83.6 Å². The second kappa shape index (κ2) is 4.41. The molecule has 0 aromatic carbocycles. The van der Waals surface area contributed by atoms with Crippen molar-refractivity contribution in [3.05, 3.63) is 0 Å². The third-order valence-electron chi connectivity index (χ3n) is 2.61. The van der Waals surface area contributed by atoms with Gasteiger partial charge in [0.1, 0.15) is 0 Å². The van der Waals surface area contributed by atoms with Crippen LogP contribution in [0.3, 0.4) is 0 Å². The van der Waals surface area contributed by atoms with E-state index in [9.17, 15) is 9.59 Å². The van der Waals surface area contributed by atoms with Crippen molar-refractivity contribution in [1.82, 2.24) is 9.80 Å². The second-order valence-electron chi connectivity index (χ2n) is 3.57. The Balaban J connectivity index is 2.54. The molecule has 0 spiro atoms. The first-order valence-corrected chi connectivity index (χ1v) is 4.63. The lowest BCUT2D eigenvalue weighted by Gasteiger charge is -2.36. The smallest absolute Gasteiger partial charge is 0.396 e. The Morgan fingerprint density at radius 1 is 1.36 bits per heavy atom. The fraction of sp³-hybridized carbons (Fsp3) is 0.778. The van der Waals surface area contributed by atoms with E-state index in [1.165, 1.54) is 12.0 Å². The predicted molar refractivity (Wildman–Crippen MR) is 50.7 cm³/mol. The standard InChI is InChI=1S/C9H16N2O3/c1-7-6-11(5-4-10(7)2)8(12)9(13)14-3/h7H,4-6H2,1-3H3. The predicted octanol–water partition coefficient (Wildman–Crippen LogP) is -0.678. The Morgan fingerprint density at radius 2 is 2.00 bits per heavy atom. The van der Waals surface area contributed by atoms with E-state index in [-0.39, 0.29) is 6.04 Å². The van der Waals surface area contributed by atoms with Gasteiger partial charge in [-0.3, -0.25) is 4.79 Å². The molecule has 0 saturated carbocycles. The van der Waals surface area contributed by atoms with Gasteiger partial charge in [0.2, 0.25) is 0 Å². The van der Waals surface area contributed by atoms with Crippen molar-refractivity contribution in [2.45, 2.75) is 13.0 Å². The average Bonchev–Trinajstić information content (AvgIpc) is 2.20. The topological polar surface area (TPSA) is 49.9 Å². The van der Waals surface area contributed by atoms with Crippen LogP contribution in [0, 0.1) is 0 Å². The van der Waals surface area contributed by atoms with Gasteiger partial charge in [-0.25, -0.2) is 4.79 Å². The van der Waals surface area contributed by atoms with Gasteiger partial charge >= 0.3 is 11.9 Å². The molecule has 1 unspecified atom stereocenters. The number of nitrogens with zero attached hydrogens (tertiary/aromatic N) is 2. The summed E-state index contributed by atoms with van der Waals surface area (Å²) >= 11 is 0. The van der Waals surface area contributed by atoms with Crippen LogP contribution in [-0.4, -0.2) is 61.5 Å². The normalized spacial score (nSPS) is 23.4. The number of hydrogen-bond donors (Lipinski definition) is 0. The van der Waals surface area contributed by atoms with Gasteiger partial charge in [-0.1, -0.05) is 0 Å². The number of carbonyl (C=O) groups is 2. The summed E-state index contributed by atoms with van der Waals surface area (Å²) in [7, 11) is 3.23. The molecule has 0 aromatic heterocycles. The summed E-state index contributed by atoms with van der Waals surface area (Å²) in [5.74, 6) is -1.31. The minimum atomic E-state index is -0.776. The third-order valence-corrected chi connectivity index (χ3v) is 2.61. The maximum Gasteiger partial charge on any atom is 0.396 e. The van der Waals surface area contributed by atoms with Crippen molar-refractivity contribution in [2.75, 3.05) is 33.8 Å². The van der Waals surface area contributed by atoms with Crippen LogP contribution in [0.1, 0.15) is 6.92 Å². The number of ether oxygens (including phenoxy) is 1. The SMILES string of the molecule is COC(=O)C(=O)N1CCN(C)C(C)C1. The molecule has 1 aliphatic heterocycles. The van der Waals surface area contributed by atoms with Gasteiger partial charge in [0.15, 0.2) is 0 Å². The molecule has 1 amide bonds. The fourth-order valence-electron chi connectivity index (χ4n) is 1.45. The van der Waals surface area contributed by atoms with E-state index >= 15 is 0 Å². The molecular formula is C9H16N2O3. The number of rotatable bonds is 0. The van der Waals surface area contributed by atoms with Crippen LogP contribution in [0.2, 0.25) is 0 Å². The van der Waals surface area contributed by atoms with E-state index in [4.69, 9.17) is 0 Å². The molecule has 0 aromatic rings. The minimum absolute atomic E-state index is 0.289. The lowest BCUT2D eigenvalue weighted by Crippen LogP contribution is -2.53. The Morgan fingerprint density at radius 3 is 2.50 bits per heavy atom. The Kier molecular flexibility index (Phi) is 3.46. The first-order chi connectivity index (χ1) is 6.56. The van der Waals surface area contributed by atoms with Crippen molar-refractivity contribution in [2.24, 2.45) is 0 Å². The number of hydrogen-bond acceptors (Lipinski definition) is 4. The summed E-state index contributed by atoms with van der Waals surface area (Å²) in [6, 6.07) is 0.289. The first-order valence-electron chi connectivity index (χ1n) is 4.63. The maximum atomic E-state index is 11.4. The number of esters is 1. The van der Waals surface area contributed by atoms with Crippen molar-refractivity contribution < 1.29 is 14.3 Å². The second-order valence-corrected chi connectivity index (χ2v) is 3.57. The van der Waals surface area contributed by atoms with Gasteiger partial charge in [-0.2, -0.15) is 0 Å². The van der Waals surface area contributed by atoms with E-state index in [2.05, 4.69) is 9.64 Å². The quantitative estimate of drug-likeness (QED) is 0.384. The highest BCUT2D eigenvalue weighted by Crippen LogP contribution is 2.07. The summed E-state index contributed by atoms with van der Waals surface area (Å²) in [5, 5.41) is 0. The summed E-state index contributed by atoms with van der Waals surface area (Å²) < 4.78 is 4.38. The van der Waals surface area contributed by atoms with Crippen LogP contribution in [0.25, 0.3) is 0 Å².